The van der Waals surface area contributed by atoms with Crippen LogP contribution >= 0.6 is 0 Å². The van der Waals surface area contributed by atoms with Crippen LogP contribution in [0.1, 0.15) is 12.5 Å². The molecular weight excluding hydrogens is 183 g/mol. The molecule has 0 heterocycles. The van der Waals surface area contributed by atoms with Gasteiger partial charge in [-0.1, -0.05) is 19.1 Å². The van der Waals surface area contributed by atoms with Gasteiger partial charge in [0, 0.05) is 5.41 Å². The molecule has 0 radical (unpaired) electrons. The summed E-state index contributed by atoms with van der Waals surface area (Å²) in [6.07, 6.45) is 0.470. The first kappa shape index (κ1) is 11.1. The number of rotatable bonds is 4. The lowest BCUT2D eigenvalue weighted by molar-refractivity contribution is 0.0703. The van der Waals surface area contributed by atoms with Crippen LogP contribution < -0.4 is 0 Å². The normalized spacial score (nSPS) is 11.7. The van der Waals surface area contributed by atoms with E-state index < -0.39 is 5.41 Å². The maximum absolute atomic E-state index is 12.8. The maximum atomic E-state index is 12.8. The number of hydrogen-bond acceptors (Lipinski definition) is 2. The minimum absolute atomic E-state index is 0.111. The van der Waals surface area contributed by atoms with Crippen LogP contribution in [0.2, 0.25) is 0 Å². The van der Waals surface area contributed by atoms with Gasteiger partial charge in [0.05, 0.1) is 13.2 Å². The first-order chi connectivity index (χ1) is 6.59. The van der Waals surface area contributed by atoms with Crippen molar-refractivity contribution in [2.45, 2.75) is 13.3 Å². The van der Waals surface area contributed by atoms with E-state index in [-0.39, 0.29) is 19.0 Å². The molecule has 1 aromatic carbocycles. The van der Waals surface area contributed by atoms with Crippen LogP contribution in [0.15, 0.2) is 24.3 Å². The molecule has 0 bridgehead atoms. The number of aliphatic hydroxyl groups excluding tert-OH is 2. The SMILES string of the molecule is CC(CO)(CO)Cc1cccc(F)c1. The third kappa shape index (κ3) is 2.79. The molecule has 2 nitrogen and oxygen atoms in total. The van der Waals surface area contributed by atoms with Gasteiger partial charge in [-0.05, 0) is 24.1 Å². The molecule has 0 aliphatic heterocycles. The Balaban J connectivity index is 2.77. The largest absolute Gasteiger partial charge is 0.396 e. The Morgan fingerprint density at radius 3 is 2.43 bits per heavy atom. The van der Waals surface area contributed by atoms with Gasteiger partial charge in [0.1, 0.15) is 5.82 Å². The second kappa shape index (κ2) is 4.53. The summed E-state index contributed by atoms with van der Waals surface area (Å²) in [6.45, 7) is 1.54. The van der Waals surface area contributed by atoms with E-state index in [1.807, 2.05) is 0 Å². The Bertz CT molecular complexity index is 295. The molecule has 3 heteroatoms. The Kier molecular flexibility index (Phi) is 3.61. The van der Waals surface area contributed by atoms with Crippen molar-refractivity contribution in [1.82, 2.24) is 0 Å². The lowest BCUT2D eigenvalue weighted by atomic mass is 9.85. The summed E-state index contributed by atoms with van der Waals surface area (Å²) in [5, 5.41) is 18.1. The molecule has 14 heavy (non-hydrogen) atoms. The summed E-state index contributed by atoms with van der Waals surface area (Å²) in [7, 11) is 0. The van der Waals surface area contributed by atoms with Gasteiger partial charge < -0.3 is 10.2 Å². The number of aliphatic hydroxyl groups is 2. The fraction of sp³-hybridized carbons (Fsp3) is 0.455. The highest BCUT2D eigenvalue weighted by Crippen LogP contribution is 2.21. The molecule has 0 atom stereocenters. The molecule has 0 fully saturated rings. The van der Waals surface area contributed by atoms with E-state index in [1.165, 1.54) is 12.1 Å². The third-order valence-corrected chi connectivity index (χ3v) is 2.28. The monoisotopic (exact) mass is 198 g/mol. The quantitative estimate of drug-likeness (QED) is 0.767. The maximum Gasteiger partial charge on any atom is 0.123 e. The van der Waals surface area contributed by atoms with E-state index in [1.54, 1.807) is 19.1 Å². The first-order valence-electron chi connectivity index (χ1n) is 4.56. The van der Waals surface area contributed by atoms with E-state index in [0.29, 0.717) is 6.42 Å². The number of hydrogen-bond donors (Lipinski definition) is 2. The lowest BCUT2D eigenvalue weighted by Gasteiger charge is -2.24. The van der Waals surface area contributed by atoms with Crippen LogP contribution in [0.25, 0.3) is 0 Å². The average Bonchev–Trinajstić information content (AvgIpc) is 2.18. The zero-order valence-corrected chi connectivity index (χ0v) is 8.20. The predicted molar refractivity (Wildman–Crippen MR) is 52.4 cm³/mol. The minimum Gasteiger partial charge on any atom is -0.396 e. The van der Waals surface area contributed by atoms with E-state index in [4.69, 9.17) is 10.2 Å². The van der Waals surface area contributed by atoms with Crippen LogP contribution in [-0.2, 0) is 6.42 Å². The van der Waals surface area contributed by atoms with Crippen molar-refractivity contribution in [3.8, 4) is 0 Å². The second-order valence-electron chi connectivity index (χ2n) is 3.93. The topological polar surface area (TPSA) is 40.5 Å². The molecule has 0 unspecified atom stereocenters. The van der Waals surface area contributed by atoms with Crippen LogP contribution in [0.4, 0.5) is 4.39 Å². The first-order valence-corrected chi connectivity index (χ1v) is 4.56. The molecule has 0 spiro atoms. The molecule has 2 N–H and O–H groups in total. The zero-order valence-electron chi connectivity index (χ0n) is 8.20. The highest BCUT2D eigenvalue weighted by atomic mass is 19.1. The zero-order chi connectivity index (χ0) is 10.6. The van der Waals surface area contributed by atoms with Gasteiger partial charge in [-0.15, -0.1) is 0 Å². The average molecular weight is 198 g/mol. The van der Waals surface area contributed by atoms with Crippen molar-refractivity contribution in [2.24, 2.45) is 5.41 Å². The van der Waals surface area contributed by atoms with Crippen LogP contribution in [-0.4, -0.2) is 23.4 Å². The van der Waals surface area contributed by atoms with Crippen molar-refractivity contribution < 1.29 is 14.6 Å². The van der Waals surface area contributed by atoms with Crippen molar-refractivity contribution in [1.29, 1.82) is 0 Å². The molecule has 1 aromatic rings. The fourth-order valence-electron chi connectivity index (χ4n) is 1.30. The molecule has 78 valence electrons. The standard InChI is InChI=1S/C11H15FO2/c1-11(7-13,8-14)6-9-3-2-4-10(12)5-9/h2-5,13-14H,6-8H2,1H3. The highest BCUT2D eigenvalue weighted by Gasteiger charge is 2.22. The summed E-state index contributed by atoms with van der Waals surface area (Å²) < 4.78 is 12.8. The van der Waals surface area contributed by atoms with Gasteiger partial charge in [0.2, 0.25) is 0 Å². The van der Waals surface area contributed by atoms with Crippen molar-refractivity contribution in [2.75, 3.05) is 13.2 Å². The van der Waals surface area contributed by atoms with Gasteiger partial charge in [0.25, 0.3) is 0 Å². The Labute approximate surface area is 83.0 Å². The molecule has 0 aliphatic rings. The summed E-state index contributed by atoms with van der Waals surface area (Å²) in [5.74, 6) is -0.291. The number of halogens is 1. The molecule has 0 amide bonds. The van der Waals surface area contributed by atoms with E-state index >= 15 is 0 Å². The van der Waals surface area contributed by atoms with E-state index in [2.05, 4.69) is 0 Å². The fourth-order valence-corrected chi connectivity index (χ4v) is 1.30. The van der Waals surface area contributed by atoms with Gasteiger partial charge in [-0.3, -0.25) is 0 Å². The van der Waals surface area contributed by atoms with E-state index in [9.17, 15) is 4.39 Å². The summed E-state index contributed by atoms with van der Waals surface area (Å²) in [4.78, 5) is 0. The van der Waals surface area contributed by atoms with Gasteiger partial charge in [-0.2, -0.15) is 0 Å². The summed E-state index contributed by atoms with van der Waals surface area (Å²) >= 11 is 0. The van der Waals surface area contributed by atoms with Gasteiger partial charge >= 0.3 is 0 Å². The third-order valence-electron chi connectivity index (χ3n) is 2.28. The summed E-state index contributed by atoms with van der Waals surface area (Å²) in [5.41, 5.74) is 0.212. The Morgan fingerprint density at radius 2 is 1.93 bits per heavy atom. The minimum atomic E-state index is -0.576. The summed E-state index contributed by atoms with van der Waals surface area (Å²) in [6, 6.07) is 6.20. The molecule has 0 aliphatic carbocycles. The van der Waals surface area contributed by atoms with Gasteiger partial charge in [-0.25, -0.2) is 4.39 Å². The molecule has 0 saturated heterocycles. The van der Waals surface area contributed by atoms with Crippen molar-refractivity contribution in [3.63, 3.8) is 0 Å². The Morgan fingerprint density at radius 1 is 1.29 bits per heavy atom. The van der Waals surface area contributed by atoms with Crippen LogP contribution in [0.3, 0.4) is 0 Å². The Hall–Kier alpha value is -0.930. The van der Waals surface area contributed by atoms with Crippen LogP contribution in [0.5, 0.6) is 0 Å². The lowest BCUT2D eigenvalue weighted by Crippen LogP contribution is -2.28. The second-order valence-corrected chi connectivity index (χ2v) is 3.93. The van der Waals surface area contributed by atoms with Gasteiger partial charge in [0.15, 0.2) is 0 Å². The molecule has 0 saturated carbocycles. The molecular formula is C11H15FO2. The highest BCUT2D eigenvalue weighted by molar-refractivity contribution is 5.17. The molecule has 0 aromatic heterocycles. The number of benzene rings is 1. The predicted octanol–water partition coefficient (Wildman–Crippen LogP) is 1.36. The van der Waals surface area contributed by atoms with Crippen molar-refractivity contribution >= 4 is 0 Å². The smallest absolute Gasteiger partial charge is 0.123 e. The van der Waals surface area contributed by atoms with Crippen LogP contribution in [0, 0.1) is 11.2 Å². The van der Waals surface area contributed by atoms with E-state index in [0.717, 1.165) is 5.56 Å². The molecule has 1 rings (SSSR count). The van der Waals surface area contributed by atoms with Crippen molar-refractivity contribution in [3.05, 3.63) is 35.6 Å².